The first-order valence-electron chi connectivity index (χ1n) is 11.4. The molecule has 0 aromatic heterocycles. The van der Waals surface area contributed by atoms with Crippen LogP contribution in [0.2, 0.25) is 0 Å². The maximum atomic E-state index is 13.2. The summed E-state index contributed by atoms with van der Waals surface area (Å²) in [6.45, 7) is 4.39. The number of aromatic hydroxyl groups is 1. The summed E-state index contributed by atoms with van der Waals surface area (Å²) in [5.74, 6) is 0.0420. The molecule has 2 aromatic rings. The van der Waals surface area contributed by atoms with Crippen molar-refractivity contribution in [3.8, 4) is 5.75 Å². The predicted octanol–water partition coefficient (Wildman–Crippen LogP) is 6.55. The minimum atomic E-state index is -0.140. The molecule has 1 unspecified atom stereocenters. The van der Waals surface area contributed by atoms with E-state index >= 15 is 0 Å². The van der Waals surface area contributed by atoms with Crippen LogP contribution in [0.15, 0.2) is 59.6 Å². The molecule has 162 valence electrons. The number of carbonyl (C=O) groups is 1. The van der Waals surface area contributed by atoms with Crippen molar-refractivity contribution < 1.29 is 9.90 Å². The molecule has 0 fully saturated rings. The summed E-state index contributed by atoms with van der Waals surface area (Å²) in [7, 11) is 0. The van der Waals surface area contributed by atoms with Gasteiger partial charge >= 0.3 is 0 Å². The highest BCUT2D eigenvalue weighted by molar-refractivity contribution is 6.45. The summed E-state index contributed by atoms with van der Waals surface area (Å²) in [5.41, 5.74) is 1.84. The standard InChI is InChI=1S/C26H36N2O2/c1-3-5-6-7-8-12-16-22(13-4-2)28-26(30)25(21-14-10-9-11-15-21)27-23-17-19-24(29)20-18-23/h9-11,14-15,17-20,22,29H,3-8,12-13,16H2,1-2H3,(H,28,30). The first kappa shape index (κ1) is 23.7. The number of nitrogens with one attached hydrogen (secondary N) is 1. The summed E-state index contributed by atoms with van der Waals surface area (Å²) in [6, 6.07) is 16.3. The Morgan fingerprint density at radius 3 is 2.20 bits per heavy atom. The normalized spacial score (nSPS) is 12.5. The average Bonchev–Trinajstić information content (AvgIpc) is 2.76. The Kier molecular flexibility index (Phi) is 10.7. The lowest BCUT2D eigenvalue weighted by atomic mass is 10.0. The van der Waals surface area contributed by atoms with E-state index in [0.29, 0.717) is 11.4 Å². The quantitative estimate of drug-likeness (QED) is 0.292. The first-order valence-corrected chi connectivity index (χ1v) is 11.4. The number of phenols is 1. The molecule has 2 rings (SSSR count). The Hall–Kier alpha value is -2.62. The van der Waals surface area contributed by atoms with E-state index in [0.717, 1.165) is 31.2 Å². The maximum absolute atomic E-state index is 13.2. The molecule has 0 spiro atoms. The zero-order chi connectivity index (χ0) is 21.6. The number of benzene rings is 2. The number of rotatable bonds is 13. The molecule has 0 radical (unpaired) electrons. The predicted molar refractivity (Wildman–Crippen MR) is 126 cm³/mol. The molecule has 2 N–H and O–H groups in total. The monoisotopic (exact) mass is 408 g/mol. The van der Waals surface area contributed by atoms with Gasteiger partial charge in [-0.2, -0.15) is 0 Å². The van der Waals surface area contributed by atoms with E-state index in [1.54, 1.807) is 24.3 Å². The average molecular weight is 409 g/mol. The van der Waals surface area contributed by atoms with Crippen LogP contribution in [-0.4, -0.2) is 22.8 Å². The van der Waals surface area contributed by atoms with Gasteiger partial charge in [0, 0.05) is 11.6 Å². The Balaban J connectivity index is 2.08. The van der Waals surface area contributed by atoms with Crippen LogP contribution in [0, 0.1) is 0 Å². The molecule has 30 heavy (non-hydrogen) atoms. The molecule has 0 bridgehead atoms. The van der Waals surface area contributed by atoms with Gasteiger partial charge in [0.15, 0.2) is 0 Å². The van der Waals surface area contributed by atoms with Gasteiger partial charge in [0.1, 0.15) is 11.5 Å². The van der Waals surface area contributed by atoms with Gasteiger partial charge in [-0.15, -0.1) is 0 Å². The molecule has 0 aliphatic carbocycles. The molecule has 0 saturated carbocycles. The summed E-state index contributed by atoms with van der Waals surface area (Å²) in [5, 5.41) is 12.7. The fraction of sp³-hybridized carbons (Fsp3) is 0.462. The summed E-state index contributed by atoms with van der Waals surface area (Å²) in [6.07, 6.45) is 10.5. The fourth-order valence-electron chi connectivity index (χ4n) is 3.56. The molecule has 2 aromatic carbocycles. The van der Waals surface area contributed by atoms with E-state index in [1.807, 2.05) is 30.3 Å². The van der Waals surface area contributed by atoms with Crippen molar-refractivity contribution in [2.45, 2.75) is 77.7 Å². The van der Waals surface area contributed by atoms with E-state index in [-0.39, 0.29) is 17.7 Å². The van der Waals surface area contributed by atoms with E-state index in [2.05, 4.69) is 24.2 Å². The lowest BCUT2D eigenvalue weighted by Gasteiger charge is -2.19. The first-order chi connectivity index (χ1) is 14.6. The molecular formula is C26H36N2O2. The lowest BCUT2D eigenvalue weighted by molar-refractivity contribution is -0.115. The van der Waals surface area contributed by atoms with Gasteiger partial charge in [-0.25, -0.2) is 4.99 Å². The summed E-state index contributed by atoms with van der Waals surface area (Å²) < 4.78 is 0. The second kappa shape index (κ2) is 13.6. The number of aliphatic imine (C=N–C) groups is 1. The summed E-state index contributed by atoms with van der Waals surface area (Å²) in [4.78, 5) is 17.8. The van der Waals surface area contributed by atoms with Crippen LogP contribution in [0.25, 0.3) is 0 Å². The molecule has 0 heterocycles. The highest BCUT2D eigenvalue weighted by atomic mass is 16.3. The molecule has 4 nitrogen and oxygen atoms in total. The topological polar surface area (TPSA) is 61.7 Å². The third-order valence-corrected chi connectivity index (χ3v) is 5.23. The molecule has 1 amide bonds. The number of amides is 1. The Labute approximate surface area is 181 Å². The Morgan fingerprint density at radius 1 is 0.867 bits per heavy atom. The maximum Gasteiger partial charge on any atom is 0.270 e. The second-order valence-electron chi connectivity index (χ2n) is 7.86. The van der Waals surface area contributed by atoms with Crippen LogP contribution < -0.4 is 5.32 Å². The van der Waals surface area contributed by atoms with Crippen LogP contribution in [0.5, 0.6) is 5.75 Å². The van der Waals surface area contributed by atoms with Crippen LogP contribution >= 0.6 is 0 Å². The zero-order valence-electron chi connectivity index (χ0n) is 18.4. The third kappa shape index (κ3) is 8.40. The van der Waals surface area contributed by atoms with Crippen LogP contribution in [0.1, 0.15) is 77.2 Å². The zero-order valence-corrected chi connectivity index (χ0v) is 18.4. The number of hydrogen-bond donors (Lipinski definition) is 2. The largest absolute Gasteiger partial charge is 0.508 e. The van der Waals surface area contributed by atoms with Crippen molar-refractivity contribution in [3.63, 3.8) is 0 Å². The van der Waals surface area contributed by atoms with E-state index in [9.17, 15) is 9.90 Å². The highest BCUT2D eigenvalue weighted by Crippen LogP contribution is 2.19. The van der Waals surface area contributed by atoms with Crippen LogP contribution in [0.4, 0.5) is 5.69 Å². The van der Waals surface area contributed by atoms with Gasteiger partial charge in [0.2, 0.25) is 0 Å². The Bertz CT molecular complexity index is 769. The molecule has 0 aliphatic rings. The molecule has 0 saturated heterocycles. The van der Waals surface area contributed by atoms with Crippen LogP contribution in [0.3, 0.4) is 0 Å². The van der Waals surface area contributed by atoms with Gasteiger partial charge in [-0.1, -0.05) is 89.1 Å². The van der Waals surface area contributed by atoms with Crippen LogP contribution in [-0.2, 0) is 4.79 Å². The minimum absolute atomic E-state index is 0.140. The van der Waals surface area contributed by atoms with Gasteiger partial charge in [0.05, 0.1) is 5.69 Å². The van der Waals surface area contributed by atoms with Gasteiger partial charge in [-0.3, -0.25) is 4.79 Å². The molecule has 4 heteroatoms. The van der Waals surface area contributed by atoms with E-state index < -0.39 is 0 Å². The van der Waals surface area contributed by atoms with Crippen molar-refractivity contribution in [1.29, 1.82) is 0 Å². The lowest BCUT2D eigenvalue weighted by Crippen LogP contribution is -2.39. The number of unbranched alkanes of at least 4 members (excludes halogenated alkanes) is 5. The minimum Gasteiger partial charge on any atom is -0.508 e. The molecular weight excluding hydrogens is 372 g/mol. The summed E-state index contributed by atoms with van der Waals surface area (Å²) >= 11 is 0. The third-order valence-electron chi connectivity index (χ3n) is 5.23. The van der Waals surface area contributed by atoms with Crippen molar-refractivity contribution in [2.75, 3.05) is 0 Å². The van der Waals surface area contributed by atoms with Crippen molar-refractivity contribution >= 4 is 17.3 Å². The molecule has 1 atom stereocenters. The van der Waals surface area contributed by atoms with Gasteiger partial charge < -0.3 is 10.4 Å². The van der Waals surface area contributed by atoms with Crippen molar-refractivity contribution in [2.24, 2.45) is 4.99 Å². The van der Waals surface area contributed by atoms with E-state index in [1.165, 1.54) is 32.1 Å². The van der Waals surface area contributed by atoms with Gasteiger partial charge in [-0.05, 0) is 37.1 Å². The SMILES string of the molecule is CCCCCCCCC(CCC)NC(=O)C(=Nc1ccc(O)cc1)c1ccccc1. The number of phenolic OH excluding ortho intramolecular Hbond substituents is 1. The highest BCUT2D eigenvalue weighted by Gasteiger charge is 2.18. The number of hydrogen-bond acceptors (Lipinski definition) is 3. The van der Waals surface area contributed by atoms with E-state index in [4.69, 9.17) is 0 Å². The Morgan fingerprint density at radius 2 is 1.53 bits per heavy atom. The fourth-order valence-corrected chi connectivity index (χ4v) is 3.56. The number of nitrogens with zero attached hydrogens (tertiary/aromatic N) is 1. The number of carbonyl (C=O) groups excluding carboxylic acids is 1. The second-order valence-corrected chi connectivity index (χ2v) is 7.86. The molecule has 0 aliphatic heterocycles. The van der Waals surface area contributed by atoms with Gasteiger partial charge in [0.25, 0.3) is 5.91 Å². The van der Waals surface area contributed by atoms with Crippen molar-refractivity contribution in [1.82, 2.24) is 5.32 Å². The smallest absolute Gasteiger partial charge is 0.270 e. The van der Waals surface area contributed by atoms with Crippen molar-refractivity contribution in [3.05, 3.63) is 60.2 Å².